The van der Waals surface area contributed by atoms with Crippen molar-refractivity contribution in [3.63, 3.8) is 0 Å². The molecule has 0 aliphatic heterocycles. The Balaban J connectivity index is 0.00000533. The normalized spacial score (nSPS) is 12.3. The van der Waals surface area contributed by atoms with Crippen molar-refractivity contribution in [2.75, 3.05) is 0 Å². The van der Waals surface area contributed by atoms with E-state index in [4.69, 9.17) is 6.57 Å². The van der Waals surface area contributed by atoms with E-state index in [0.29, 0.717) is 22.6 Å². The average Bonchev–Trinajstić information content (AvgIpc) is 3.26. The van der Waals surface area contributed by atoms with E-state index < -0.39 is 36.3 Å². The Hall–Kier alpha value is -3.07. The van der Waals surface area contributed by atoms with Gasteiger partial charge in [0.25, 0.3) is 5.91 Å². The molecule has 0 bridgehead atoms. The summed E-state index contributed by atoms with van der Waals surface area (Å²) in [4.78, 5) is 27.3. The van der Waals surface area contributed by atoms with E-state index >= 15 is 0 Å². The molecule has 0 saturated heterocycles. The Morgan fingerprint density at radius 2 is 1.74 bits per heavy atom. The molecule has 3 N–H and O–H groups in total. The molecule has 9 nitrogen and oxygen atoms in total. The van der Waals surface area contributed by atoms with Crippen LogP contribution in [0.25, 0.3) is 10.5 Å². The van der Waals surface area contributed by atoms with Crippen LogP contribution in [-0.4, -0.2) is 44.1 Å². The number of rotatable bonds is 12. The zero-order valence-electron chi connectivity index (χ0n) is 22.2. The van der Waals surface area contributed by atoms with Gasteiger partial charge in [0.15, 0.2) is 11.4 Å². The number of hydrogen-bond acceptors (Lipinski definition) is 6. The number of aliphatic hydroxyl groups excluding tert-OH is 2. The van der Waals surface area contributed by atoms with Crippen LogP contribution in [0, 0.1) is 12.4 Å². The second-order valence-electron chi connectivity index (χ2n) is 9.37. The number of carboxylic acids is 1. The summed E-state index contributed by atoms with van der Waals surface area (Å²) in [6.07, 6.45) is -2.53. The molecule has 3 rings (SSSR count). The fraction of sp³-hybridized carbons (Fsp3) is 0.357. The third-order valence-electron chi connectivity index (χ3n) is 6.06. The minimum atomic E-state index is -1.40. The molecule has 200 valence electrons. The maximum absolute atomic E-state index is 13.6. The largest absolute Gasteiger partial charge is 1.00 e. The number of aromatic nitrogens is 2. The zero-order chi connectivity index (χ0) is 27.8. The summed E-state index contributed by atoms with van der Waals surface area (Å²) in [6.45, 7) is 11.1. The van der Waals surface area contributed by atoms with Crippen LogP contribution in [0.2, 0.25) is 0 Å². The number of aliphatic carboxylic acids is 1. The van der Waals surface area contributed by atoms with E-state index in [1.807, 2.05) is 13.8 Å². The van der Waals surface area contributed by atoms with Crippen LogP contribution in [0.5, 0.6) is 0 Å². The van der Waals surface area contributed by atoms with Crippen molar-refractivity contribution >= 4 is 17.6 Å². The Morgan fingerprint density at radius 3 is 2.31 bits per heavy atom. The van der Waals surface area contributed by atoms with Gasteiger partial charge in [-0.25, -0.2) is 13.9 Å². The first kappa shape index (κ1) is 32.1. The molecule has 0 unspecified atom stereocenters. The van der Waals surface area contributed by atoms with Gasteiger partial charge in [0, 0.05) is 30.2 Å². The van der Waals surface area contributed by atoms with E-state index in [2.05, 4.69) is 15.3 Å². The summed E-state index contributed by atoms with van der Waals surface area (Å²) in [5.74, 6) is -2.36. The summed E-state index contributed by atoms with van der Waals surface area (Å²) >= 11 is 0. The number of carboxylic acid groups (broad SMARTS) is 1. The van der Waals surface area contributed by atoms with Gasteiger partial charge in [0.2, 0.25) is 0 Å². The quantitative estimate of drug-likeness (QED) is 0.214. The van der Waals surface area contributed by atoms with Crippen molar-refractivity contribution < 1.29 is 58.9 Å². The number of aliphatic hydroxyl groups is 2. The number of carbonyl (C=O) groups is 2. The first-order valence-electron chi connectivity index (χ1n) is 12.3. The molecule has 0 aliphatic rings. The van der Waals surface area contributed by atoms with Gasteiger partial charge in [0.05, 0.1) is 24.5 Å². The maximum atomic E-state index is 13.6. The number of benzene rings is 2. The monoisotopic (exact) mass is 544 g/mol. The standard InChI is InChI=1S/C28H31FN4O5.Na/c1-17(2)26-24(13-12-22(34)14-23(35)15-25(36)37)33(21-10-6-19(29)7-11-21)32-27(26)28(38)31-16-18-4-8-20(30-3)9-5-18;/h4-11,17,22-23,34-35H,12-16H2,1-2H3,(H,31,38)(H,36,37);/q;+1/p-1/t22-,23-;/m1./s1. The molecule has 11 heteroatoms. The summed E-state index contributed by atoms with van der Waals surface area (Å²) < 4.78 is 15.2. The van der Waals surface area contributed by atoms with Crippen LogP contribution < -0.4 is 40.0 Å². The van der Waals surface area contributed by atoms with Crippen molar-refractivity contribution in [1.29, 1.82) is 0 Å². The Labute approximate surface area is 248 Å². The number of hydrogen-bond donors (Lipinski definition) is 3. The Bertz CT molecular complexity index is 1300. The number of nitrogens with zero attached hydrogens (tertiary/aromatic N) is 3. The van der Waals surface area contributed by atoms with Crippen LogP contribution in [0.15, 0.2) is 48.5 Å². The molecule has 2 atom stereocenters. The second-order valence-corrected chi connectivity index (χ2v) is 9.37. The van der Waals surface area contributed by atoms with Crippen molar-refractivity contribution in [3.8, 4) is 5.69 Å². The first-order valence-corrected chi connectivity index (χ1v) is 12.3. The summed E-state index contributed by atoms with van der Waals surface area (Å²) in [5, 5.41) is 38.4. The predicted octanol–water partition coefficient (Wildman–Crippen LogP) is -0.196. The average molecular weight is 545 g/mol. The summed E-state index contributed by atoms with van der Waals surface area (Å²) in [7, 11) is 0. The molecule has 1 aromatic heterocycles. The van der Waals surface area contributed by atoms with Gasteiger partial charge in [-0.1, -0.05) is 38.1 Å². The number of carbonyl (C=O) groups excluding carboxylic acids is 2. The van der Waals surface area contributed by atoms with Gasteiger partial charge < -0.3 is 25.4 Å². The maximum Gasteiger partial charge on any atom is 1.00 e. The number of nitrogens with one attached hydrogen (secondary N) is 1. The van der Waals surface area contributed by atoms with Gasteiger partial charge in [-0.3, -0.25) is 4.79 Å². The number of halogens is 1. The minimum absolute atomic E-state index is 0. The molecular formula is C28H30FN4NaO5. The van der Waals surface area contributed by atoms with Crippen LogP contribution in [0.4, 0.5) is 10.1 Å². The van der Waals surface area contributed by atoms with Gasteiger partial charge in [-0.05, 0) is 55.0 Å². The third kappa shape index (κ3) is 8.98. The number of amides is 1. The molecular weight excluding hydrogens is 514 g/mol. The van der Waals surface area contributed by atoms with Gasteiger partial charge in [-0.2, -0.15) is 5.10 Å². The fourth-order valence-electron chi connectivity index (χ4n) is 4.24. The van der Waals surface area contributed by atoms with Crippen LogP contribution >= 0.6 is 0 Å². The van der Waals surface area contributed by atoms with E-state index in [1.165, 1.54) is 24.3 Å². The molecule has 2 aromatic carbocycles. The SMILES string of the molecule is [C-]#[N+]c1ccc(CNC(=O)c2nn(-c3ccc(F)cc3)c(CC[C@@H](O)C[C@@H](O)CC(=O)[O-])c2C(C)C)cc1.[Na+]. The smallest absolute Gasteiger partial charge is 0.550 e. The van der Waals surface area contributed by atoms with Crippen LogP contribution in [0.1, 0.15) is 66.3 Å². The molecule has 1 heterocycles. The zero-order valence-corrected chi connectivity index (χ0v) is 24.2. The molecule has 0 aliphatic carbocycles. The topological polar surface area (TPSA) is 132 Å². The molecule has 3 aromatic rings. The van der Waals surface area contributed by atoms with Gasteiger partial charge in [0.1, 0.15) is 5.82 Å². The molecule has 0 fully saturated rings. The third-order valence-corrected chi connectivity index (χ3v) is 6.06. The van der Waals surface area contributed by atoms with Crippen molar-refractivity contribution in [2.24, 2.45) is 0 Å². The first-order chi connectivity index (χ1) is 18.1. The fourth-order valence-corrected chi connectivity index (χ4v) is 4.24. The summed E-state index contributed by atoms with van der Waals surface area (Å²) in [6, 6.07) is 12.5. The van der Waals surface area contributed by atoms with E-state index in [1.54, 1.807) is 28.9 Å². The van der Waals surface area contributed by atoms with E-state index in [9.17, 15) is 29.3 Å². The Kier molecular flexibility index (Phi) is 12.3. The Morgan fingerprint density at radius 1 is 1.10 bits per heavy atom. The molecule has 0 saturated carbocycles. The minimum Gasteiger partial charge on any atom is -0.550 e. The van der Waals surface area contributed by atoms with E-state index in [0.717, 1.165) is 5.56 Å². The molecule has 39 heavy (non-hydrogen) atoms. The molecule has 0 spiro atoms. The summed E-state index contributed by atoms with van der Waals surface area (Å²) in [5.41, 5.74) is 3.35. The van der Waals surface area contributed by atoms with Crippen molar-refractivity contribution in [1.82, 2.24) is 15.1 Å². The van der Waals surface area contributed by atoms with Gasteiger partial charge in [-0.15, -0.1) is 0 Å². The van der Waals surface area contributed by atoms with Crippen LogP contribution in [-0.2, 0) is 17.8 Å². The van der Waals surface area contributed by atoms with Crippen molar-refractivity contribution in [3.05, 3.63) is 88.3 Å². The van der Waals surface area contributed by atoms with Gasteiger partial charge >= 0.3 is 29.6 Å². The predicted molar refractivity (Wildman–Crippen MR) is 136 cm³/mol. The van der Waals surface area contributed by atoms with Crippen LogP contribution in [0.3, 0.4) is 0 Å². The molecule has 0 radical (unpaired) electrons. The molecule has 1 amide bonds. The second kappa shape index (κ2) is 14.9. The van der Waals surface area contributed by atoms with E-state index in [-0.39, 0.29) is 67.0 Å². The van der Waals surface area contributed by atoms with Crippen molar-refractivity contribution in [2.45, 2.75) is 64.2 Å².